The lowest BCUT2D eigenvalue weighted by molar-refractivity contribution is 0.0697. The van der Waals surface area contributed by atoms with Crippen LogP contribution in [0.1, 0.15) is 29.1 Å². The first-order valence-electron chi connectivity index (χ1n) is 8.24. The van der Waals surface area contributed by atoms with Crippen molar-refractivity contribution in [3.05, 3.63) is 57.1 Å². The van der Waals surface area contributed by atoms with Crippen LogP contribution in [0, 0.1) is 5.92 Å². The number of nitrogens with zero attached hydrogens (tertiary/aromatic N) is 2. The molecule has 140 valence electrons. The zero-order valence-corrected chi connectivity index (χ0v) is 17.0. The summed E-state index contributed by atoms with van der Waals surface area (Å²) in [6.07, 6.45) is 3.70. The minimum absolute atomic E-state index is 0.0918. The van der Waals surface area contributed by atoms with E-state index in [1.165, 1.54) is 23.7 Å². The third kappa shape index (κ3) is 4.58. The predicted molar refractivity (Wildman–Crippen MR) is 111 cm³/mol. The van der Waals surface area contributed by atoms with Crippen molar-refractivity contribution < 1.29 is 9.90 Å². The molecule has 0 atom stereocenters. The number of rotatable bonds is 6. The first-order chi connectivity index (χ1) is 12.8. The number of carbonyl (C=O) groups is 1. The lowest BCUT2D eigenvalue weighted by atomic mass is 10.0. The molecule has 3 rings (SSSR count). The van der Waals surface area contributed by atoms with E-state index in [4.69, 9.17) is 28.2 Å². The van der Waals surface area contributed by atoms with E-state index in [0.717, 1.165) is 22.6 Å². The number of hydrogen-bond donors (Lipinski definition) is 2. The maximum absolute atomic E-state index is 11.4. The second-order valence-electron chi connectivity index (χ2n) is 6.37. The van der Waals surface area contributed by atoms with Gasteiger partial charge < -0.3 is 10.4 Å². The number of pyridine rings is 1. The molecule has 0 aliphatic heterocycles. The van der Waals surface area contributed by atoms with Gasteiger partial charge in [-0.15, -0.1) is 11.3 Å². The van der Waals surface area contributed by atoms with E-state index in [-0.39, 0.29) is 5.56 Å². The van der Waals surface area contributed by atoms with Crippen LogP contribution in [0.2, 0.25) is 10.0 Å². The van der Waals surface area contributed by atoms with Crippen LogP contribution in [0.4, 0.5) is 10.8 Å². The molecule has 0 fully saturated rings. The summed E-state index contributed by atoms with van der Waals surface area (Å²) in [6, 6.07) is 7.04. The van der Waals surface area contributed by atoms with Crippen molar-refractivity contribution in [3.63, 3.8) is 0 Å². The van der Waals surface area contributed by atoms with Crippen molar-refractivity contribution in [2.45, 2.75) is 20.3 Å². The van der Waals surface area contributed by atoms with Crippen LogP contribution in [0.3, 0.4) is 0 Å². The second kappa shape index (κ2) is 8.25. The molecule has 2 N–H and O–H groups in total. The van der Waals surface area contributed by atoms with Crippen molar-refractivity contribution >= 4 is 51.3 Å². The van der Waals surface area contributed by atoms with Crippen LogP contribution in [0.15, 0.2) is 36.7 Å². The number of aromatic nitrogens is 2. The Hall–Kier alpha value is -2.15. The van der Waals surface area contributed by atoms with E-state index in [1.54, 1.807) is 18.2 Å². The molecule has 0 aliphatic carbocycles. The van der Waals surface area contributed by atoms with Gasteiger partial charge in [0.15, 0.2) is 5.13 Å². The number of carboxylic acids is 1. The number of nitrogens with one attached hydrogen (secondary N) is 1. The van der Waals surface area contributed by atoms with Gasteiger partial charge in [-0.25, -0.2) is 9.78 Å². The fourth-order valence-electron chi connectivity index (χ4n) is 2.57. The van der Waals surface area contributed by atoms with Gasteiger partial charge in [0.2, 0.25) is 0 Å². The van der Waals surface area contributed by atoms with E-state index in [0.29, 0.717) is 26.8 Å². The van der Waals surface area contributed by atoms with Crippen LogP contribution in [-0.4, -0.2) is 21.0 Å². The zero-order valence-electron chi connectivity index (χ0n) is 14.7. The van der Waals surface area contributed by atoms with Gasteiger partial charge in [-0.1, -0.05) is 43.1 Å². The number of halogens is 2. The van der Waals surface area contributed by atoms with Crippen molar-refractivity contribution in [1.82, 2.24) is 9.97 Å². The fourth-order valence-corrected chi connectivity index (χ4v) is 4.08. The Morgan fingerprint density at radius 2 is 2.04 bits per heavy atom. The molecule has 0 bridgehead atoms. The fraction of sp³-hybridized carbons (Fsp3) is 0.211. The van der Waals surface area contributed by atoms with E-state index in [2.05, 4.69) is 24.1 Å². The molecule has 2 aromatic heterocycles. The molecule has 0 saturated carbocycles. The molecule has 3 aromatic rings. The topological polar surface area (TPSA) is 75.1 Å². The normalized spacial score (nSPS) is 11.0. The smallest absolute Gasteiger partial charge is 0.339 e. The van der Waals surface area contributed by atoms with Gasteiger partial charge in [-0.05, 0) is 30.5 Å². The Kier molecular flexibility index (Phi) is 5.99. The van der Waals surface area contributed by atoms with Crippen LogP contribution in [-0.2, 0) is 6.42 Å². The Bertz CT molecular complexity index is 989. The Labute approximate surface area is 171 Å². The van der Waals surface area contributed by atoms with Crippen LogP contribution < -0.4 is 5.32 Å². The molecule has 0 unspecified atom stereocenters. The average Bonchev–Trinajstić information content (AvgIpc) is 2.99. The van der Waals surface area contributed by atoms with Crippen molar-refractivity contribution in [2.24, 2.45) is 5.92 Å². The zero-order chi connectivity index (χ0) is 19.6. The number of carboxylic acid groups (broad SMARTS) is 1. The van der Waals surface area contributed by atoms with Crippen LogP contribution >= 0.6 is 34.5 Å². The summed E-state index contributed by atoms with van der Waals surface area (Å²) in [7, 11) is 0. The highest BCUT2D eigenvalue weighted by Gasteiger charge is 2.17. The molecule has 0 aliphatic rings. The Morgan fingerprint density at radius 1 is 1.26 bits per heavy atom. The van der Waals surface area contributed by atoms with Crippen LogP contribution in [0.5, 0.6) is 0 Å². The first-order valence-corrected chi connectivity index (χ1v) is 9.82. The highest BCUT2D eigenvalue weighted by atomic mass is 35.5. The maximum Gasteiger partial charge on any atom is 0.339 e. The summed E-state index contributed by atoms with van der Waals surface area (Å²) in [5.74, 6) is -0.607. The number of aromatic carboxylic acids is 1. The molecular weight excluding hydrogens is 405 g/mol. The molecule has 0 saturated heterocycles. The summed E-state index contributed by atoms with van der Waals surface area (Å²) in [5.41, 5.74) is 2.23. The molecule has 0 radical (unpaired) electrons. The SMILES string of the molecule is CC(C)Cc1sc(Nc2ccncc2C(=O)O)nc1-c1ccc(Cl)c(Cl)c1. The van der Waals surface area contributed by atoms with Gasteiger partial charge in [0.1, 0.15) is 5.56 Å². The quantitative estimate of drug-likeness (QED) is 0.498. The molecule has 2 heterocycles. The van der Waals surface area contributed by atoms with E-state index >= 15 is 0 Å². The summed E-state index contributed by atoms with van der Waals surface area (Å²) in [5, 5.41) is 14.0. The third-order valence-electron chi connectivity index (χ3n) is 3.78. The number of hydrogen-bond acceptors (Lipinski definition) is 5. The molecule has 5 nitrogen and oxygen atoms in total. The third-order valence-corrected chi connectivity index (χ3v) is 5.51. The largest absolute Gasteiger partial charge is 0.478 e. The molecule has 27 heavy (non-hydrogen) atoms. The lowest BCUT2D eigenvalue weighted by Crippen LogP contribution is -2.03. The van der Waals surface area contributed by atoms with Gasteiger partial charge in [0.05, 0.1) is 21.4 Å². The minimum atomic E-state index is -1.05. The highest BCUT2D eigenvalue weighted by Crippen LogP contribution is 2.36. The Balaban J connectivity index is 2.02. The van der Waals surface area contributed by atoms with Crippen LogP contribution in [0.25, 0.3) is 11.3 Å². The summed E-state index contributed by atoms with van der Waals surface area (Å²) in [6.45, 7) is 4.27. The lowest BCUT2D eigenvalue weighted by Gasteiger charge is -2.06. The molecule has 1 aromatic carbocycles. The maximum atomic E-state index is 11.4. The van der Waals surface area contributed by atoms with E-state index < -0.39 is 5.97 Å². The Morgan fingerprint density at radius 3 is 2.70 bits per heavy atom. The first kappa shape index (κ1) is 19.6. The summed E-state index contributed by atoms with van der Waals surface area (Å²) in [4.78, 5) is 21.1. The molecular formula is C19H17Cl2N3O2S. The second-order valence-corrected chi connectivity index (χ2v) is 8.27. The minimum Gasteiger partial charge on any atom is -0.478 e. The van der Waals surface area contributed by atoms with Crippen molar-refractivity contribution in [2.75, 3.05) is 5.32 Å². The highest BCUT2D eigenvalue weighted by molar-refractivity contribution is 7.16. The van der Waals surface area contributed by atoms with E-state index in [9.17, 15) is 9.90 Å². The average molecular weight is 422 g/mol. The van der Waals surface area contributed by atoms with Gasteiger partial charge >= 0.3 is 5.97 Å². The van der Waals surface area contributed by atoms with Crippen molar-refractivity contribution in [3.8, 4) is 11.3 Å². The van der Waals surface area contributed by atoms with Gasteiger partial charge in [-0.2, -0.15) is 0 Å². The van der Waals surface area contributed by atoms with Gasteiger partial charge in [-0.3, -0.25) is 4.98 Å². The van der Waals surface area contributed by atoms with Crippen molar-refractivity contribution in [1.29, 1.82) is 0 Å². The van der Waals surface area contributed by atoms with Gasteiger partial charge in [0, 0.05) is 22.8 Å². The van der Waals surface area contributed by atoms with Gasteiger partial charge in [0.25, 0.3) is 0 Å². The summed E-state index contributed by atoms with van der Waals surface area (Å²) >= 11 is 13.7. The predicted octanol–water partition coefficient (Wildman–Crippen LogP) is 6.15. The van der Waals surface area contributed by atoms with E-state index in [1.807, 2.05) is 6.07 Å². The summed E-state index contributed by atoms with van der Waals surface area (Å²) < 4.78 is 0. The molecule has 0 spiro atoms. The number of benzene rings is 1. The number of thiazole rings is 1. The molecule has 8 heteroatoms. The monoisotopic (exact) mass is 421 g/mol. The number of anilines is 2. The molecule has 0 amide bonds. The standard InChI is InChI=1S/C19H17Cl2N3O2S/c1-10(2)7-16-17(11-3-4-13(20)14(21)8-11)24-19(27-16)23-15-5-6-22-9-12(15)18(25)26/h3-6,8-10H,7H2,1-2H3,(H,25,26)(H,22,23,24).